The molecule has 5 nitrogen and oxygen atoms in total. The summed E-state index contributed by atoms with van der Waals surface area (Å²) in [6.07, 6.45) is 6.50. The maximum Gasteiger partial charge on any atom is 0.225 e. The van der Waals surface area contributed by atoms with Crippen LogP contribution in [0.1, 0.15) is 24.8 Å². The van der Waals surface area contributed by atoms with E-state index in [0.29, 0.717) is 5.91 Å². The molecule has 1 saturated heterocycles. The van der Waals surface area contributed by atoms with Crippen LogP contribution >= 0.6 is 0 Å². The average Bonchev–Trinajstić information content (AvgIpc) is 2.95. The van der Waals surface area contributed by atoms with E-state index in [4.69, 9.17) is 5.73 Å². The van der Waals surface area contributed by atoms with E-state index in [0.717, 1.165) is 52.0 Å². The smallest absolute Gasteiger partial charge is 0.225 e. The molecular weight excluding hydrogens is 264 g/mol. The predicted molar refractivity (Wildman–Crippen MR) is 81.4 cm³/mol. The summed E-state index contributed by atoms with van der Waals surface area (Å²) in [5.41, 5.74) is 7.20. The van der Waals surface area contributed by atoms with Gasteiger partial charge in [-0.15, -0.1) is 0 Å². The molecule has 2 aliphatic rings. The molecule has 1 amide bonds. The van der Waals surface area contributed by atoms with E-state index in [-0.39, 0.29) is 12.0 Å². The first kappa shape index (κ1) is 14.5. The lowest BCUT2D eigenvalue weighted by Gasteiger charge is -2.36. The standard InChI is InChI=1S/C16H24N4O/c17-15-2-1-14(11-15)16(21)20-9-7-19(8-10-20)12-13-3-5-18-6-4-13/h3-6,14-15H,1-2,7-12,17H2. The van der Waals surface area contributed by atoms with Gasteiger partial charge in [-0.1, -0.05) is 0 Å². The lowest BCUT2D eigenvalue weighted by atomic mass is 10.1. The van der Waals surface area contributed by atoms with E-state index in [9.17, 15) is 4.79 Å². The molecule has 1 aromatic rings. The van der Waals surface area contributed by atoms with Gasteiger partial charge < -0.3 is 10.6 Å². The van der Waals surface area contributed by atoms with Crippen molar-refractivity contribution in [3.8, 4) is 0 Å². The van der Waals surface area contributed by atoms with Crippen LogP contribution in [0.25, 0.3) is 0 Å². The van der Waals surface area contributed by atoms with Crippen molar-refractivity contribution in [2.24, 2.45) is 11.7 Å². The Balaban J connectivity index is 1.47. The number of carbonyl (C=O) groups is 1. The first-order chi connectivity index (χ1) is 10.2. The van der Waals surface area contributed by atoms with E-state index in [1.54, 1.807) is 0 Å². The van der Waals surface area contributed by atoms with E-state index >= 15 is 0 Å². The van der Waals surface area contributed by atoms with E-state index in [1.165, 1.54) is 5.56 Å². The van der Waals surface area contributed by atoms with Gasteiger partial charge in [-0.3, -0.25) is 14.7 Å². The van der Waals surface area contributed by atoms with Crippen LogP contribution in [0, 0.1) is 5.92 Å². The largest absolute Gasteiger partial charge is 0.340 e. The predicted octanol–water partition coefficient (Wildman–Crippen LogP) is 0.853. The highest BCUT2D eigenvalue weighted by atomic mass is 16.2. The van der Waals surface area contributed by atoms with Crippen LogP contribution in [-0.2, 0) is 11.3 Å². The average molecular weight is 288 g/mol. The summed E-state index contributed by atoms with van der Waals surface area (Å²) in [4.78, 5) is 20.9. The molecule has 1 aliphatic heterocycles. The van der Waals surface area contributed by atoms with E-state index in [2.05, 4.69) is 22.0 Å². The van der Waals surface area contributed by atoms with E-state index < -0.39 is 0 Å². The number of hydrogen-bond donors (Lipinski definition) is 1. The maximum atomic E-state index is 12.5. The Labute approximate surface area is 126 Å². The minimum Gasteiger partial charge on any atom is -0.340 e. The first-order valence-electron chi connectivity index (χ1n) is 7.88. The number of pyridine rings is 1. The molecule has 5 heteroatoms. The highest BCUT2D eigenvalue weighted by Crippen LogP contribution is 2.26. The number of rotatable bonds is 3. The molecule has 1 aromatic heterocycles. The minimum atomic E-state index is 0.173. The summed E-state index contributed by atoms with van der Waals surface area (Å²) in [6.45, 7) is 4.53. The quantitative estimate of drug-likeness (QED) is 0.896. The molecule has 1 aliphatic carbocycles. The van der Waals surface area contributed by atoms with Crippen molar-refractivity contribution in [2.75, 3.05) is 26.2 Å². The number of nitrogens with two attached hydrogens (primary N) is 1. The number of nitrogens with zero attached hydrogens (tertiary/aromatic N) is 3. The summed E-state index contributed by atoms with van der Waals surface area (Å²) in [6, 6.07) is 4.33. The highest BCUT2D eigenvalue weighted by molar-refractivity contribution is 5.79. The van der Waals surface area contributed by atoms with Gasteiger partial charge in [0.25, 0.3) is 0 Å². The van der Waals surface area contributed by atoms with Crippen LogP contribution in [-0.4, -0.2) is 52.9 Å². The first-order valence-corrected chi connectivity index (χ1v) is 7.88. The third kappa shape index (κ3) is 3.60. The third-order valence-electron chi connectivity index (χ3n) is 4.66. The van der Waals surface area contributed by atoms with Crippen molar-refractivity contribution >= 4 is 5.91 Å². The fourth-order valence-corrected chi connectivity index (χ4v) is 3.37. The van der Waals surface area contributed by atoms with Gasteiger partial charge in [-0.25, -0.2) is 0 Å². The molecule has 21 heavy (non-hydrogen) atoms. The summed E-state index contributed by atoms with van der Waals surface area (Å²) in [5.74, 6) is 0.498. The lowest BCUT2D eigenvalue weighted by molar-refractivity contribution is -0.137. The van der Waals surface area contributed by atoms with Gasteiger partial charge >= 0.3 is 0 Å². The van der Waals surface area contributed by atoms with Gasteiger partial charge in [-0.2, -0.15) is 0 Å². The molecule has 114 valence electrons. The van der Waals surface area contributed by atoms with Crippen LogP contribution < -0.4 is 5.73 Å². The number of amides is 1. The second-order valence-corrected chi connectivity index (χ2v) is 6.23. The zero-order chi connectivity index (χ0) is 14.7. The van der Waals surface area contributed by atoms with Crippen LogP contribution in [0.3, 0.4) is 0 Å². The Hall–Kier alpha value is -1.46. The molecule has 2 N–H and O–H groups in total. The molecule has 2 unspecified atom stereocenters. The molecule has 2 fully saturated rings. The van der Waals surface area contributed by atoms with E-state index in [1.807, 2.05) is 17.3 Å². The van der Waals surface area contributed by atoms with Crippen molar-refractivity contribution in [3.63, 3.8) is 0 Å². The molecule has 0 radical (unpaired) electrons. The topological polar surface area (TPSA) is 62.5 Å². The Morgan fingerprint density at radius 1 is 1.19 bits per heavy atom. The van der Waals surface area contributed by atoms with Gasteiger partial charge in [0.2, 0.25) is 5.91 Å². The van der Waals surface area contributed by atoms with Crippen LogP contribution in [0.4, 0.5) is 0 Å². The Morgan fingerprint density at radius 2 is 1.90 bits per heavy atom. The number of piperazine rings is 1. The van der Waals surface area contributed by atoms with Gasteiger partial charge in [0.15, 0.2) is 0 Å². The third-order valence-corrected chi connectivity index (χ3v) is 4.66. The second-order valence-electron chi connectivity index (χ2n) is 6.23. The number of aromatic nitrogens is 1. The normalized spacial score (nSPS) is 27.0. The van der Waals surface area contributed by atoms with Crippen molar-refractivity contribution in [1.29, 1.82) is 0 Å². The van der Waals surface area contributed by atoms with Gasteiger partial charge in [0, 0.05) is 57.1 Å². The summed E-state index contributed by atoms with van der Waals surface area (Å²) < 4.78 is 0. The lowest BCUT2D eigenvalue weighted by Crippen LogP contribution is -2.49. The molecule has 0 aromatic carbocycles. The van der Waals surface area contributed by atoms with Crippen molar-refractivity contribution in [1.82, 2.24) is 14.8 Å². The second kappa shape index (κ2) is 6.54. The highest BCUT2D eigenvalue weighted by Gasteiger charge is 2.32. The zero-order valence-corrected chi connectivity index (χ0v) is 12.4. The molecular formula is C16H24N4O. The number of hydrogen-bond acceptors (Lipinski definition) is 4. The monoisotopic (exact) mass is 288 g/mol. The Bertz CT molecular complexity index is 470. The minimum absolute atomic E-state index is 0.173. The SMILES string of the molecule is NC1CCC(C(=O)N2CCN(Cc3ccncc3)CC2)C1. The van der Waals surface area contributed by atoms with Gasteiger partial charge in [0.05, 0.1) is 0 Å². The fourth-order valence-electron chi connectivity index (χ4n) is 3.37. The number of carbonyl (C=O) groups excluding carboxylic acids is 1. The van der Waals surface area contributed by atoms with Crippen LogP contribution in [0.5, 0.6) is 0 Å². The van der Waals surface area contributed by atoms with Crippen molar-refractivity contribution in [3.05, 3.63) is 30.1 Å². The summed E-state index contributed by atoms with van der Waals surface area (Å²) >= 11 is 0. The molecule has 0 spiro atoms. The van der Waals surface area contributed by atoms with Crippen LogP contribution in [0.2, 0.25) is 0 Å². The maximum absolute atomic E-state index is 12.5. The Kier molecular flexibility index (Phi) is 4.51. The molecule has 2 heterocycles. The zero-order valence-electron chi connectivity index (χ0n) is 12.4. The molecule has 1 saturated carbocycles. The van der Waals surface area contributed by atoms with Crippen LogP contribution in [0.15, 0.2) is 24.5 Å². The summed E-state index contributed by atoms with van der Waals surface area (Å²) in [7, 11) is 0. The molecule has 3 rings (SSSR count). The van der Waals surface area contributed by atoms with Gasteiger partial charge in [0.1, 0.15) is 0 Å². The fraction of sp³-hybridized carbons (Fsp3) is 0.625. The van der Waals surface area contributed by atoms with Crippen molar-refractivity contribution < 1.29 is 4.79 Å². The Morgan fingerprint density at radius 3 is 2.52 bits per heavy atom. The van der Waals surface area contributed by atoms with Crippen molar-refractivity contribution in [2.45, 2.75) is 31.8 Å². The van der Waals surface area contributed by atoms with Gasteiger partial charge in [-0.05, 0) is 37.0 Å². The molecule has 0 bridgehead atoms. The molecule has 2 atom stereocenters. The summed E-state index contributed by atoms with van der Waals surface area (Å²) in [5, 5.41) is 0.